The molecule has 4 rings (SSSR count). The molecule has 1 aliphatic rings. The van der Waals surface area contributed by atoms with E-state index < -0.39 is 0 Å². The summed E-state index contributed by atoms with van der Waals surface area (Å²) in [5.74, 6) is 0.752. The number of amides is 1. The number of carbonyl (C=O) groups excluding carboxylic acids is 1. The summed E-state index contributed by atoms with van der Waals surface area (Å²) in [7, 11) is 1.66. The molecule has 3 heterocycles. The van der Waals surface area contributed by atoms with Gasteiger partial charge < -0.3 is 19.6 Å². The molecule has 6 nitrogen and oxygen atoms in total. The zero-order chi connectivity index (χ0) is 18.1. The smallest absolute Gasteiger partial charge is 0.255 e. The fourth-order valence-corrected chi connectivity index (χ4v) is 3.32. The number of carbonyl (C=O) groups is 1. The second-order valence-electron chi connectivity index (χ2n) is 6.29. The number of H-pyrrole nitrogens is 2. The minimum Gasteiger partial charge on any atom is -0.497 e. The summed E-state index contributed by atoms with van der Waals surface area (Å²) < 4.78 is 5.33. The van der Waals surface area contributed by atoms with E-state index in [0.29, 0.717) is 18.7 Å². The molecule has 1 amide bonds. The number of hydrogen-bond acceptors (Lipinski definition) is 3. The molecule has 0 fully saturated rings. The highest BCUT2D eigenvalue weighted by molar-refractivity contribution is 5.96. The van der Waals surface area contributed by atoms with Gasteiger partial charge in [0.15, 0.2) is 0 Å². The molecule has 0 radical (unpaired) electrons. The molecule has 2 N–H and O–H groups in total. The van der Waals surface area contributed by atoms with Gasteiger partial charge in [0, 0.05) is 48.0 Å². The van der Waals surface area contributed by atoms with Gasteiger partial charge in [-0.15, -0.1) is 0 Å². The lowest BCUT2D eigenvalue weighted by Gasteiger charge is -2.26. The second kappa shape index (κ2) is 6.55. The molecule has 2 aromatic heterocycles. The van der Waals surface area contributed by atoms with Crippen LogP contribution >= 0.6 is 0 Å². The highest BCUT2D eigenvalue weighted by Gasteiger charge is 2.20. The number of fused-ring (bicyclic) bond motifs is 1. The molecular weight excluding hydrogens is 330 g/mol. The number of aromatic amines is 2. The van der Waals surface area contributed by atoms with Crippen LogP contribution in [0.15, 0.2) is 53.6 Å². The van der Waals surface area contributed by atoms with Crippen LogP contribution in [0.2, 0.25) is 0 Å². The predicted molar refractivity (Wildman–Crippen MR) is 100 cm³/mol. The van der Waals surface area contributed by atoms with E-state index in [-0.39, 0.29) is 11.5 Å². The van der Waals surface area contributed by atoms with Crippen molar-refractivity contribution in [2.24, 2.45) is 0 Å². The number of aromatic nitrogens is 2. The van der Waals surface area contributed by atoms with Gasteiger partial charge in [-0.25, -0.2) is 0 Å². The van der Waals surface area contributed by atoms with Gasteiger partial charge in [0.25, 0.3) is 5.91 Å². The van der Waals surface area contributed by atoms with Gasteiger partial charge in [0.2, 0.25) is 5.56 Å². The summed E-state index contributed by atoms with van der Waals surface area (Å²) in [6.07, 6.45) is 6.35. The Bertz CT molecular complexity index is 1040. The van der Waals surface area contributed by atoms with Gasteiger partial charge in [-0.3, -0.25) is 9.59 Å². The first-order valence-corrected chi connectivity index (χ1v) is 8.48. The van der Waals surface area contributed by atoms with Crippen molar-refractivity contribution >= 4 is 22.4 Å². The van der Waals surface area contributed by atoms with E-state index in [9.17, 15) is 9.59 Å². The molecule has 132 valence electrons. The lowest BCUT2D eigenvalue weighted by molar-refractivity contribution is 0.0772. The number of rotatable bonds is 3. The van der Waals surface area contributed by atoms with Gasteiger partial charge in [-0.2, -0.15) is 0 Å². The molecule has 1 aromatic carbocycles. The van der Waals surface area contributed by atoms with Crippen molar-refractivity contribution in [1.82, 2.24) is 14.9 Å². The molecule has 1 aliphatic heterocycles. The Morgan fingerprint density at radius 2 is 2.04 bits per heavy atom. The predicted octanol–water partition coefficient (Wildman–Crippen LogP) is 2.79. The van der Waals surface area contributed by atoms with Crippen molar-refractivity contribution in [2.75, 3.05) is 20.2 Å². The summed E-state index contributed by atoms with van der Waals surface area (Å²) in [5.41, 5.74) is 3.72. The maximum atomic E-state index is 12.6. The van der Waals surface area contributed by atoms with E-state index in [1.807, 2.05) is 24.4 Å². The maximum Gasteiger partial charge on any atom is 0.255 e. The average Bonchev–Trinajstić information content (AvgIpc) is 3.11. The number of pyridine rings is 1. The van der Waals surface area contributed by atoms with Crippen molar-refractivity contribution in [3.8, 4) is 5.75 Å². The minimum atomic E-state index is -0.211. The largest absolute Gasteiger partial charge is 0.497 e. The van der Waals surface area contributed by atoms with Crippen LogP contribution in [0.4, 0.5) is 0 Å². The normalized spacial score (nSPS) is 14.3. The van der Waals surface area contributed by atoms with Crippen LogP contribution in [0.1, 0.15) is 22.3 Å². The highest BCUT2D eigenvalue weighted by atomic mass is 16.5. The average molecular weight is 349 g/mol. The molecule has 0 atom stereocenters. The van der Waals surface area contributed by atoms with Crippen molar-refractivity contribution in [3.63, 3.8) is 0 Å². The number of methoxy groups -OCH3 is 1. The van der Waals surface area contributed by atoms with Gasteiger partial charge in [-0.05, 0) is 36.3 Å². The van der Waals surface area contributed by atoms with Crippen LogP contribution in [0.5, 0.6) is 5.75 Å². The number of nitrogens with one attached hydrogen (secondary N) is 2. The third kappa shape index (κ3) is 2.90. The van der Waals surface area contributed by atoms with Gasteiger partial charge >= 0.3 is 0 Å². The second-order valence-corrected chi connectivity index (χ2v) is 6.29. The summed E-state index contributed by atoms with van der Waals surface area (Å²) >= 11 is 0. The SMILES string of the molecule is COc1ccc2[nH]cc(C3=CCN(C(=O)c4ccc(=O)[nH]c4)CC3)c2c1. The zero-order valence-electron chi connectivity index (χ0n) is 14.4. The Kier molecular flexibility index (Phi) is 4.08. The molecule has 0 spiro atoms. The molecule has 0 bridgehead atoms. The molecular formula is C20H19N3O3. The Balaban J connectivity index is 1.57. The molecule has 0 unspecified atom stereocenters. The first-order valence-electron chi connectivity index (χ1n) is 8.48. The zero-order valence-corrected chi connectivity index (χ0v) is 14.4. The molecule has 26 heavy (non-hydrogen) atoms. The Labute approximate surface area is 150 Å². The van der Waals surface area contributed by atoms with Crippen molar-refractivity contribution in [1.29, 1.82) is 0 Å². The first kappa shape index (κ1) is 16.2. The van der Waals surface area contributed by atoms with Gasteiger partial charge in [-0.1, -0.05) is 6.08 Å². The fourth-order valence-electron chi connectivity index (χ4n) is 3.32. The molecule has 0 saturated heterocycles. The summed E-state index contributed by atoms with van der Waals surface area (Å²) in [6, 6.07) is 8.90. The van der Waals surface area contributed by atoms with E-state index in [0.717, 1.165) is 28.6 Å². The Hall–Kier alpha value is -3.28. The Morgan fingerprint density at radius 1 is 1.15 bits per heavy atom. The van der Waals surface area contributed by atoms with E-state index >= 15 is 0 Å². The fraction of sp³-hybridized carbons (Fsp3) is 0.200. The van der Waals surface area contributed by atoms with Gasteiger partial charge in [0.05, 0.1) is 12.7 Å². The third-order valence-corrected chi connectivity index (χ3v) is 4.76. The first-order chi connectivity index (χ1) is 12.7. The lowest BCUT2D eigenvalue weighted by Crippen LogP contribution is -2.34. The Morgan fingerprint density at radius 3 is 2.73 bits per heavy atom. The molecule has 3 aromatic rings. The maximum absolute atomic E-state index is 12.6. The highest BCUT2D eigenvalue weighted by Crippen LogP contribution is 2.31. The van der Waals surface area contributed by atoms with Crippen LogP contribution in [0, 0.1) is 0 Å². The standard InChI is InChI=1S/C20H19N3O3/c1-26-15-3-4-18-16(10-15)17(12-21-18)13-6-8-23(9-7-13)20(25)14-2-5-19(24)22-11-14/h2-6,10-12,21H,7-9H2,1H3,(H,22,24). The number of ether oxygens (including phenoxy) is 1. The van der Waals surface area contributed by atoms with E-state index in [1.165, 1.54) is 17.8 Å². The van der Waals surface area contributed by atoms with Crippen molar-refractivity contribution in [2.45, 2.75) is 6.42 Å². The van der Waals surface area contributed by atoms with Gasteiger partial charge in [0.1, 0.15) is 5.75 Å². The third-order valence-electron chi connectivity index (χ3n) is 4.76. The topological polar surface area (TPSA) is 78.2 Å². The van der Waals surface area contributed by atoms with Crippen molar-refractivity contribution in [3.05, 3.63) is 70.3 Å². The van der Waals surface area contributed by atoms with Crippen LogP contribution in [-0.2, 0) is 0 Å². The molecule has 6 heteroatoms. The number of hydrogen-bond donors (Lipinski definition) is 2. The van der Waals surface area contributed by atoms with Crippen LogP contribution in [0.3, 0.4) is 0 Å². The minimum absolute atomic E-state index is 0.0721. The van der Waals surface area contributed by atoms with Crippen LogP contribution < -0.4 is 10.3 Å². The van der Waals surface area contributed by atoms with E-state index in [2.05, 4.69) is 16.0 Å². The van der Waals surface area contributed by atoms with Crippen LogP contribution in [-0.4, -0.2) is 41.0 Å². The number of benzene rings is 1. The summed E-state index contributed by atoms with van der Waals surface area (Å²) in [4.78, 5) is 31.3. The summed E-state index contributed by atoms with van der Waals surface area (Å²) in [6.45, 7) is 1.18. The lowest BCUT2D eigenvalue weighted by atomic mass is 9.98. The van der Waals surface area contributed by atoms with Crippen molar-refractivity contribution < 1.29 is 9.53 Å². The molecule has 0 aliphatic carbocycles. The van der Waals surface area contributed by atoms with E-state index in [1.54, 1.807) is 18.1 Å². The van der Waals surface area contributed by atoms with E-state index in [4.69, 9.17) is 4.74 Å². The van der Waals surface area contributed by atoms with Crippen LogP contribution in [0.25, 0.3) is 16.5 Å². The summed E-state index contributed by atoms with van der Waals surface area (Å²) in [5, 5.41) is 1.12. The molecule has 0 saturated carbocycles. The number of nitrogens with zero attached hydrogens (tertiary/aromatic N) is 1. The quantitative estimate of drug-likeness (QED) is 0.763. The monoisotopic (exact) mass is 349 g/mol.